The molecule has 0 saturated heterocycles. The van der Waals surface area contributed by atoms with Crippen LogP contribution in [0, 0.1) is 11.8 Å². The van der Waals surface area contributed by atoms with Crippen LogP contribution in [0.5, 0.6) is 0 Å². The molecule has 0 spiro atoms. The second kappa shape index (κ2) is 5.65. The van der Waals surface area contributed by atoms with E-state index in [0.717, 1.165) is 18.3 Å². The normalized spacial score (nSPS) is 27.9. The Morgan fingerprint density at radius 2 is 2.38 bits per heavy atom. The van der Waals surface area contributed by atoms with Crippen LogP contribution >= 0.6 is 27.3 Å². The number of rotatable bonds is 3. The van der Waals surface area contributed by atoms with Gasteiger partial charge in [0.15, 0.2) is 0 Å². The molecule has 16 heavy (non-hydrogen) atoms. The van der Waals surface area contributed by atoms with Crippen molar-refractivity contribution in [2.75, 3.05) is 0 Å². The Bertz CT molecular complexity index is 336. The van der Waals surface area contributed by atoms with Gasteiger partial charge < -0.3 is 5.73 Å². The predicted molar refractivity (Wildman–Crippen MR) is 74.8 cm³/mol. The summed E-state index contributed by atoms with van der Waals surface area (Å²) in [6.45, 7) is 2.36. The molecule has 0 radical (unpaired) electrons. The van der Waals surface area contributed by atoms with E-state index in [4.69, 9.17) is 5.73 Å². The van der Waals surface area contributed by atoms with Crippen LogP contribution in [-0.2, 0) is 6.42 Å². The molecule has 1 aliphatic carbocycles. The maximum absolute atomic E-state index is 6.34. The van der Waals surface area contributed by atoms with Crippen LogP contribution in [0.2, 0.25) is 0 Å². The second-order valence-electron chi connectivity index (χ2n) is 5.13. The first-order valence-electron chi connectivity index (χ1n) is 6.13. The Balaban J connectivity index is 1.89. The van der Waals surface area contributed by atoms with E-state index in [9.17, 15) is 0 Å². The summed E-state index contributed by atoms with van der Waals surface area (Å²) in [7, 11) is 0. The highest BCUT2D eigenvalue weighted by Gasteiger charge is 2.24. The second-order valence-corrected chi connectivity index (χ2v) is 7.04. The fourth-order valence-electron chi connectivity index (χ4n) is 2.73. The van der Waals surface area contributed by atoms with Crippen LogP contribution in [0.15, 0.2) is 15.9 Å². The third-order valence-electron chi connectivity index (χ3n) is 3.64. The van der Waals surface area contributed by atoms with Crippen molar-refractivity contribution in [1.29, 1.82) is 0 Å². The summed E-state index contributed by atoms with van der Waals surface area (Å²) in [5.41, 5.74) is 6.34. The Hall–Kier alpha value is 0.140. The number of nitrogens with two attached hydrogens (primary N) is 1. The molecule has 1 nitrogen and oxygen atoms in total. The molecule has 1 aliphatic rings. The highest BCUT2D eigenvalue weighted by molar-refractivity contribution is 9.10. The van der Waals surface area contributed by atoms with Crippen molar-refractivity contribution in [3.8, 4) is 0 Å². The fraction of sp³-hybridized carbons (Fsp3) is 0.692. The van der Waals surface area contributed by atoms with Gasteiger partial charge in [-0.2, -0.15) is 0 Å². The van der Waals surface area contributed by atoms with Crippen LogP contribution in [0.25, 0.3) is 0 Å². The lowest BCUT2D eigenvalue weighted by Crippen LogP contribution is -2.34. The zero-order valence-corrected chi connectivity index (χ0v) is 12.2. The molecule has 90 valence electrons. The van der Waals surface area contributed by atoms with E-state index < -0.39 is 0 Å². The van der Waals surface area contributed by atoms with E-state index in [0.29, 0.717) is 6.04 Å². The van der Waals surface area contributed by atoms with Gasteiger partial charge in [-0.15, -0.1) is 11.3 Å². The van der Waals surface area contributed by atoms with Crippen molar-refractivity contribution in [1.82, 2.24) is 0 Å². The standard InChI is InChI=1S/C13H20BrNS/c1-9-3-2-4-10(5-9)13(15)7-12-6-11(14)8-16-12/h6,8-10,13H,2-5,7,15H2,1H3. The van der Waals surface area contributed by atoms with E-state index in [1.165, 1.54) is 35.0 Å². The average molecular weight is 302 g/mol. The van der Waals surface area contributed by atoms with Crippen LogP contribution in [0.1, 0.15) is 37.5 Å². The van der Waals surface area contributed by atoms with Crippen LogP contribution in [0.3, 0.4) is 0 Å². The lowest BCUT2D eigenvalue weighted by molar-refractivity contribution is 0.246. The Morgan fingerprint density at radius 3 is 3.00 bits per heavy atom. The largest absolute Gasteiger partial charge is 0.327 e. The summed E-state index contributed by atoms with van der Waals surface area (Å²) in [5.74, 6) is 1.62. The summed E-state index contributed by atoms with van der Waals surface area (Å²) in [5, 5.41) is 2.14. The highest BCUT2D eigenvalue weighted by atomic mass is 79.9. The van der Waals surface area contributed by atoms with Gasteiger partial charge in [-0.25, -0.2) is 0 Å². The number of hydrogen-bond donors (Lipinski definition) is 1. The molecule has 3 unspecified atom stereocenters. The van der Waals surface area contributed by atoms with Gasteiger partial charge in [-0.05, 0) is 53.1 Å². The molecule has 2 N–H and O–H groups in total. The molecule has 1 aromatic heterocycles. The fourth-order valence-corrected chi connectivity index (χ4v) is 4.25. The van der Waals surface area contributed by atoms with Crippen LogP contribution in [-0.4, -0.2) is 6.04 Å². The van der Waals surface area contributed by atoms with Crippen LogP contribution in [0.4, 0.5) is 0 Å². The number of hydrogen-bond acceptors (Lipinski definition) is 2. The summed E-state index contributed by atoms with van der Waals surface area (Å²) in [4.78, 5) is 1.41. The summed E-state index contributed by atoms with van der Waals surface area (Å²) in [6.07, 6.45) is 6.47. The van der Waals surface area contributed by atoms with Gasteiger partial charge >= 0.3 is 0 Å². The average Bonchev–Trinajstić information content (AvgIpc) is 2.64. The molecular weight excluding hydrogens is 282 g/mol. The van der Waals surface area contributed by atoms with Crippen molar-refractivity contribution in [2.45, 2.75) is 45.1 Å². The lowest BCUT2D eigenvalue weighted by Gasteiger charge is -2.31. The monoisotopic (exact) mass is 301 g/mol. The molecule has 0 aromatic carbocycles. The van der Waals surface area contributed by atoms with Gasteiger partial charge in [0.05, 0.1) is 0 Å². The molecule has 1 aromatic rings. The van der Waals surface area contributed by atoms with E-state index in [2.05, 4.69) is 34.3 Å². The number of halogens is 1. The lowest BCUT2D eigenvalue weighted by atomic mass is 9.78. The highest BCUT2D eigenvalue weighted by Crippen LogP contribution is 2.32. The smallest absolute Gasteiger partial charge is 0.0285 e. The number of thiophene rings is 1. The minimum absolute atomic E-state index is 0.355. The van der Waals surface area contributed by atoms with Crippen molar-refractivity contribution in [3.05, 3.63) is 20.8 Å². The molecule has 1 heterocycles. The predicted octanol–water partition coefficient (Wildman–Crippen LogP) is 4.21. The quantitative estimate of drug-likeness (QED) is 0.889. The molecule has 0 aliphatic heterocycles. The van der Waals surface area contributed by atoms with E-state index in [1.807, 2.05) is 11.3 Å². The topological polar surface area (TPSA) is 26.0 Å². The van der Waals surface area contributed by atoms with Crippen molar-refractivity contribution < 1.29 is 0 Å². The van der Waals surface area contributed by atoms with Gasteiger partial charge in [0.25, 0.3) is 0 Å². The minimum Gasteiger partial charge on any atom is -0.327 e. The molecule has 1 saturated carbocycles. The molecule has 3 atom stereocenters. The Kier molecular flexibility index (Phi) is 4.45. The zero-order chi connectivity index (χ0) is 11.5. The first kappa shape index (κ1) is 12.6. The Morgan fingerprint density at radius 1 is 1.56 bits per heavy atom. The van der Waals surface area contributed by atoms with Crippen molar-refractivity contribution in [2.24, 2.45) is 17.6 Å². The molecular formula is C13H20BrNS. The molecule has 1 fully saturated rings. The van der Waals surface area contributed by atoms with E-state index in [1.54, 1.807) is 0 Å². The Labute approximate surface area is 111 Å². The van der Waals surface area contributed by atoms with E-state index >= 15 is 0 Å². The third kappa shape index (κ3) is 3.31. The van der Waals surface area contributed by atoms with Gasteiger partial charge in [-0.1, -0.05) is 19.8 Å². The first-order chi connectivity index (χ1) is 7.65. The molecule has 3 heteroatoms. The first-order valence-corrected chi connectivity index (χ1v) is 7.81. The summed E-state index contributed by atoms with van der Waals surface area (Å²) < 4.78 is 1.19. The van der Waals surface area contributed by atoms with E-state index in [-0.39, 0.29) is 0 Å². The molecule has 0 amide bonds. The zero-order valence-electron chi connectivity index (χ0n) is 9.79. The van der Waals surface area contributed by atoms with Crippen LogP contribution < -0.4 is 5.73 Å². The summed E-state index contributed by atoms with van der Waals surface area (Å²) in [6, 6.07) is 2.56. The minimum atomic E-state index is 0.355. The van der Waals surface area contributed by atoms with Crippen molar-refractivity contribution >= 4 is 27.3 Å². The molecule has 0 bridgehead atoms. The summed E-state index contributed by atoms with van der Waals surface area (Å²) >= 11 is 5.31. The molecule has 2 rings (SSSR count). The third-order valence-corrected chi connectivity index (χ3v) is 5.36. The van der Waals surface area contributed by atoms with Gasteiger partial charge in [0, 0.05) is 20.8 Å². The maximum atomic E-state index is 6.34. The van der Waals surface area contributed by atoms with Gasteiger partial charge in [0.2, 0.25) is 0 Å². The van der Waals surface area contributed by atoms with Crippen molar-refractivity contribution in [3.63, 3.8) is 0 Å². The maximum Gasteiger partial charge on any atom is 0.0285 e. The van der Waals surface area contributed by atoms with Gasteiger partial charge in [0.1, 0.15) is 0 Å². The van der Waals surface area contributed by atoms with Gasteiger partial charge in [-0.3, -0.25) is 0 Å². The SMILES string of the molecule is CC1CCCC(C(N)Cc2cc(Br)cs2)C1.